The van der Waals surface area contributed by atoms with Gasteiger partial charge in [-0.1, -0.05) is 28.1 Å². The van der Waals surface area contributed by atoms with Crippen LogP contribution in [0.5, 0.6) is 0 Å². The van der Waals surface area contributed by atoms with E-state index in [1.54, 1.807) is 24.3 Å². The van der Waals surface area contributed by atoms with E-state index < -0.39 is 21.5 Å². The maximum atomic E-state index is 11.8. The van der Waals surface area contributed by atoms with Gasteiger partial charge in [0.2, 0.25) is 5.91 Å². The summed E-state index contributed by atoms with van der Waals surface area (Å²) < 4.78 is 24.5. The molecule has 0 aliphatic heterocycles. The molecule has 1 aromatic carbocycles. The summed E-state index contributed by atoms with van der Waals surface area (Å²) >= 11 is 3.28. The van der Waals surface area contributed by atoms with Gasteiger partial charge in [0.15, 0.2) is 9.84 Å². The molecule has 0 aliphatic carbocycles. The Balaban J connectivity index is 0.00000361. The van der Waals surface area contributed by atoms with Crippen molar-refractivity contribution in [2.45, 2.75) is 12.2 Å². The van der Waals surface area contributed by atoms with Crippen LogP contribution in [0.1, 0.15) is 12.0 Å². The first-order valence-corrected chi connectivity index (χ1v) is 8.46. The first-order chi connectivity index (χ1) is 8.93. The molecule has 0 saturated heterocycles. The molecule has 3 N–H and O–H groups in total. The van der Waals surface area contributed by atoms with Crippen molar-refractivity contribution in [3.05, 3.63) is 34.3 Å². The predicted octanol–water partition coefficient (Wildman–Crippen LogP) is 1.25. The largest absolute Gasteiger partial charge is 0.355 e. The van der Waals surface area contributed by atoms with Crippen molar-refractivity contribution in [1.82, 2.24) is 5.32 Å². The minimum Gasteiger partial charge on any atom is -0.355 e. The lowest BCUT2D eigenvalue weighted by Crippen LogP contribution is -2.32. The Bertz CT molecular complexity index is 520. The molecule has 1 aromatic rings. The average molecular weight is 386 g/mol. The van der Waals surface area contributed by atoms with E-state index in [1.165, 1.54) is 0 Å². The maximum absolute atomic E-state index is 11.8. The van der Waals surface area contributed by atoms with E-state index in [-0.39, 0.29) is 18.2 Å². The second-order valence-electron chi connectivity index (χ2n) is 4.15. The fourth-order valence-corrected chi connectivity index (χ4v) is 3.03. The molecule has 0 atom stereocenters. The Labute approximate surface area is 133 Å². The van der Waals surface area contributed by atoms with Crippen LogP contribution in [-0.4, -0.2) is 33.2 Å². The number of hydrogen-bond acceptors (Lipinski definition) is 4. The van der Waals surface area contributed by atoms with Crippen molar-refractivity contribution >= 4 is 44.1 Å². The second-order valence-corrected chi connectivity index (χ2v) is 7.13. The molecule has 5 nitrogen and oxygen atoms in total. The number of rotatable bonds is 7. The number of carbonyl (C=O) groups excluding carboxylic acids is 1. The Kier molecular flexibility index (Phi) is 9.04. The summed E-state index contributed by atoms with van der Waals surface area (Å²) in [5.74, 6) is -1.11. The standard InChI is InChI=1S/C12H17BrN2O3S.ClH/c13-11-4-2-10(3-5-11)8-19(17,18)9-12(16)15-7-1-6-14;/h2-5H,1,6-9,14H2,(H,15,16);1H. The van der Waals surface area contributed by atoms with Gasteiger partial charge in [-0.3, -0.25) is 4.79 Å². The van der Waals surface area contributed by atoms with E-state index in [2.05, 4.69) is 21.2 Å². The smallest absolute Gasteiger partial charge is 0.235 e. The van der Waals surface area contributed by atoms with Crippen molar-refractivity contribution in [1.29, 1.82) is 0 Å². The highest BCUT2D eigenvalue weighted by Gasteiger charge is 2.17. The molecular formula is C12H18BrClN2O3S. The van der Waals surface area contributed by atoms with Crippen LogP contribution in [0.15, 0.2) is 28.7 Å². The highest BCUT2D eigenvalue weighted by atomic mass is 79.9. The molecular weight excluding hydrogens is 368 g/mol. The zero-order valence-corrected chi connectivity index (χ0v) is 14.1. The number of benzene rings is 1. The van der Waals surface area contributed by atoms with Crippen molar-refractivity contribution in [3.63, 3.8) is 0 Å². The molecule has 0 aromatic heterocycles. The number of hydrogen-bond donors (Lipinski definition) is 2. The summed E-state index contributed by atoms with van der Waals surface area (Å²) in [4.78, 5) is 11.4. The van der Waals surface area contributed by atoms with E-state index in [0.29, 0.717) is 25.1 Å². The molecule has 1 amide bonds. The minimum atomic E-state index is -3.44. The molecule has 20 heavy (non-hydrogen) atoms. The summed E-state index contributed by atoms with van der Waals surface area (Å²) in [5, 5.41) is 2.53. The van der Waals surface area contributed by atoms with Gasteiger partial charge in [-0.25, -0.2) is 8.42 Å². The van der Waals surface area contributed by atoms with Gasteiger partial charge in [0.25, 0.3) is 0 Å². The lowest BCUT2D eigenvalue weighted by atomic mass is 10.2. The van der Waals surface area contributed by atoms with E-state index in [0.717, 1.165) is 4.47 Å². The van der Waals surface area contributed by atoms with Crippen molar-refractivity contribution in [2.24, 2.45) is 5.73 Å². The number of nitrogens with two attached hydrogens (primary N) is 1. The van der Waals surface area contributed by atoms with Crippen LogP contribution in [0, 0.1) is 0 Å². The van der Waals surface area contributed by atoms with Crippen LogP contribution in [0.4, 0.5) is 0 Å². The normalized spacial score (nSPS) is 10.7. The van der Waals surface area contributed by atoms with Crippen LogP contribution in [0.25, 0.3) is 0 Å². The fourth-order valence-electron chi connectivity index (χ4n) is 1.47. The van der Waals surface area contributed by atoms with Crippen LogP contribution >= 0.6 is 28.3 Å². The molecule has 8 heteroatoms. The zero-order chi connectivity index (χ0) is 14.3. The summed E-state index contributed by atoms with van der Waals surface area (Å²) in [7, 11) is -3.44. The molecule has 114 valence electrons. The highest BCUT2D eigenvalue weighted by Crippen LogP contribution is 2.13. The van der Waals surface area contributed by atoms with Gasteiger partial charge in [0.05, 0.1) is 5.75 Å². The first-order valence-electron chi connectivity index (χ1n) is 5.84. The number of halogens is 2. The van der Waals surface area contributed by atoms with Gasteiger partial charge in [0.1, 0.15) is 5.75 Å². The maximum Gasteiger partial charge on any atom is 0.235 e. The second kappa shape index (κ2) is 9.33. The third-order valence-electron chi connectivity index (χ3n) is 2.35. The minimum absolute atomic E-state index is 0. The topological polar surface area (TPSA) is 89.3 Å². The number of carbonyl (C=O) groups is 1. The molecule has 0 unspecified atom stereocenters. The molecule has 0 aliphatic rings. The Morgan fingerprint density at radius 1 is 1.25 bits per heavy atom. The summed E-state index contributed by atoms with van der Waals surface area (Å²) in [5.41, 5.74) is 5.95. The number of sulfone groups is 1. The third-order valence-corrected chi connectivity index (χ3v) is 4.36. The van der Waals surface area contributed by atoms with Gasteiger partial charge in [0, 0.05) is 11.0 Å². The monoisotopic (exact) mass is 384 g/mol. The van der Waals surface area contributed by atoms with E-state index in [4.69, 9.17) is 5.73 Å². The van der Waals surface area contributed by atoms with E-state index >= 15 is 0 Å². The molecule has 0 radical (unpaired) electrons. The first kappa shape index (κ1) is 19.4. The molecule has 1 rings (SSSR count). The van der Waals surface area contributed by atoms with Crippen LogP contribution in [0.2, 0.25) is 0 Å². The Morgan fingerprint density at radius 3 is 2.40 bits per heavy atom. The van der Waals surface area contributed by atoms with Crippen LogP contribution in [-0.2, 0) is 20.4 Å². The van der Waals surface area contributed by atoms with Gasteiger partial charge in [-0.15, -0.1) is 12.4 Å². The van der Waals surface area contributed by atoms with Crippen LogP contribution < -0.4 is 11.1 Å². The summed E-state index contributed by atoms with van der Waals surface area (Å²) in [6.45, 7) is 0.870. The average Bonchev–Trinajstić information content (AvgIpc) is 2.31. The molecule has 0 heterocycles. The summed E-state index contributed by atoms with van der Waals surface area (Å²) in [6.07, 6.45) is 0.637. The molecule has 0 saturated carbocycles. The Hall–Kier alpha value is -0.630. The van der Waals surface area contributed by atoms with Gasteiger partial charge in [-0.05, 0) is 30.7 Å². The van der Waals surface area contributed by atoms with E-state index in [9.17, 15) is 13.2 Å². The van der Waals surface area contributed by atoms with Crippen molar-refractivity contribution in [3.8, 4) is 0 Å². The van der Waals surface area contributed by atoms with Gasteiger partial charge < -0.3 is 11.1 Å². The number of amides is 1. The van der Waals surface area contributed by atoms with Gasteiger partial charge >= 0.3 is 0 Å². The predicted molar refractivity (Wildman–Crippen MR) is 85.6 cm³/mol. The lowest BCUT2D eigenvalue weighted by molar-refractivity contribution is -0.118. The van der Waals surface area contributed by atoms with Crippen molar-refractivity contribution in [2.75, 3.05) is 18.8 Å². The highest BCUT2D eigenvalue weighted by molar-refractivity contribution is 9.10. The third kappa shape index (κ3) is 7.84. The van der Waals surface area contributed by atoms with Crippen molar-refractivity contribution < 1.29 is 13.2 Å². The van der Waals surface area contributed by atoms with E-state index in [1.807, 2.05) is 0 Å². The molecule has 0 bridgehead atoms. The number of nitrogens with one attached hydrogen (secondary N) is 1. The SMILES string of the molecule is Cl.NCCCNC(=O)CS(=O)(=O)Cc1ccc(Br)cc1. The van der Waals surface area contributed by atoms with Crippen LogP contribution in [0.3, 0.4) is 0 Å². The zero-order valence-electron chi connectivity index (χ0n) is 10.8. The molecule has 0 spiro atoms. The fraction of sp³-hybridized carbons (Fsp3) is 0.417. The summed E-state index contributed by atoms with van der Waals surface area (Å²) in [6, 6.07) is 6.97. The Morgan fingerprint density at radius 2 is 1.85 bits per heavy atom. The molecule has 0 fully saturated rings. The quantitative estimate of drug-likeness (QED) is 0.691. The van der Waals surface area contributed by atoms with Gasteiger partial charge in [-0.2, -0.15) is 0 Å². The lowest BCUT2D eigenvalue weighted by Gasteiger charge is -2.06.